The Bertz CT molecular complexity index is 1100. The zero-order valence-corrected chi connectivity index (χ0v) is 20.5. The van der Waals surface area contributed by atoms with Crippen molar-refractivity contribution in [3.63, 3.8) is 0 Å². The number of nitriles is 1. The summed E-state index contributed by atoms with van der Waals surface area (Å²) in [5.41, 5.74) is 4.09. The van der Waals surface area contributed by atoms with Gasteiger partial charge in [-0.05, 0) is 83.1 Å². The van der Waals surface area contributed by atoms with Gasteiger partial charge in [-0.15, -0.1) is 10.2 Å². The number of hydrogen-bond donors (Lipinski definition) is 1. The van der Waals surface area contributed by atoms with Gasteiger partial charge in [0, 0.05) is 30.3 Å². The topological polar surface area (TPSA) is 100 Å². The average Bonchev–Trinajstić information content (AvgIpc) is 2.83. The number of anilines is 1. The Balaban J connectivity index is 1.59. The predicted octanol–water partition coefficient (Wildman–Crippen LogP) is 4.71. The van der Waals surface area contributed by atoms with Crippen LogP contribution in [0.4, 0.5) is 10.6 Å². The summed E-state index contributed by atoms with van der Waals surface area (Å²) in [5.74, 6) is 1.43. The van der Waals surface area contributed by atoms with E-state index in [9.17, 15) is 10.1 Å². The number of aromatic nitrogens is 2. The maximum Gasteiger partial charge on any atom is 0.410 e. The molecule has 1 aliphatic heterocycles. The van der Waals surface area contributed by atoms with Crippen molar-refractivity contribution in [3.05, 3.63) is 34.9 Å². The van der Waals surface area contributed by atoms with Gasteiger partial charge in [-0.3, -0.25) is 0 Å². The van der Waals surface area contributed by atoms with Gasteiger partial charge < -0.3 is 19.7 Å². The van der Waals surface area contributed by atoms with Crippen LogP contribution >= 0.6 is 0 Å². The highest BCUT2D eigenvalue weighted by molar-refractivity contribution is 5.74. The second kappa shape index (κ2) is 9.88. The van der Waals surface area contributed by atoms with Crippen LogP contribution < -0.4 is 10.1 Å². The maximum absolute atomic E-state index is 12.6. The van der Waals surface area contributed by atoms with Gasteiger partial charge in [-0.2, -0.15) is 5.26 Å². The number of carbonyl (C=O) groups excluding carboxylic acids is 1. The number of piperidine rings is 1. The van der Waals surface area contributed by atoms with Crippen molar-refractivity contribution in [2.45, 2.75) is 70.9 Å². The summed E-state index contributed by atoms with van der Waals surface area (Å²) in [5, 5.41) is 22.0. The zero-order chi connectivity index (χ0) is 24.3. The van der Waals surface area contributed by atoms with E-state index in [4.69, 9.17) is 9.47 Å². The van der Waals surface area contributed by atoms with Crippen LogP contribution in [0.1, 0.15) is 63.1 Å². The van der Waals surface area contributed by atoms with E-state index in [1.807, 2.05) is 26.8 Å². The molecule has 1 atom stereocenters. The highest BCUT2D eigenvalue weighted by atomic mass is 16.6. The molecule has 34 heavy (non-hydrogen) atoms. The van der Waals surface area contributed by atoms with Crippen molar-refractivity contribution in [3.8, 4) is 23.1 Å². The minimum atomic E-state index is -0.510. The number of nitrogens with one attached hydrogen (secondary N) is 1. The molecule has 1 saturated heterocycles. The Kier molecular flexibility index (Phi) is 6.92. The minimum absolute atomic E-state index is 0.0943. The lowest BCUT2D eigenvalue weighted by Gasteiger charge is -2.35. The number of ether oxygens (including phenoxy) is 2. The number of hydrogen-bond acceptors (Lipinski definition) is 7. The second-order valence-electron chi connectivity index (χ2n) is 10.00. The predicted molar refractivity (Wildman–Crippen MR) is 130 cm³/mol. The smallest absolute Gasteiger partial charge is 0.410 e. The third-order valence-electron chi connectivity index (χ3n) is 6.29. The number of fused-ring (bicyclic) bond motifs is 1. The number of amides is 1. The molecule has 0 saturated carbocycles. The van der Waals surface area contributed by atoms with Crippen LogP contribution in [0.2, 0.25) is 0 Å². The number of benzene rings is 1. The number of rotatable bonds is 4. The van der Waals surface area contributed by atoms with Crippen molar-refractivity contribution >= 4 is 11.9 Å². The van der Waals surface area contributed by atoms with Crippen LogP contribution in [0, 0.1) is 11.3 Å². The summed E-state index contributed by atoms with van der Waals surface area (Å²) in [4.78, 5) is 14.3. The first-order chi connectivity index (χ1) is 16.3. The average molecular weight is 464 g/mol. The fourth-order valence-corrected chi connectivity index (χ4v) is 4.72. The van der Waals surface area contributed by atoms with Gasteiger partial charge in [0.2, 0.25) is 0 Å². The molecule has 1 amide bonds. The van der Waals surface area contributed by atoms with E-state index in [0.29, 0.717) is 24.4 Å². The fraction of sp³-hybridized carbons (Fsp3) is 0.538. The summed E-state index contributed by atoms with van der Waals surface area (Å²) in [6, 6.07) is 7.67. The van der Waals surface area contributed by atoms with E-state index >= 15 is 0 Å². The van der Waals surface area contributed by atoms with E-state index in [2.05, 4.69) is 21.6 Å². The standard InChI is InChI=1S/C26H33N5O3/c1-26(2,3)34-25(32)31-13-7-8-18(16-31)28-24-20-10-6-5-9-19(20)23(29-30-24)21-12-11-17(15-27)14-22(21)33-4/h11-12,14,18H,5-10,13,16H2,1-4H3,(H,28,30)/t18-/m1/s1. The van der Waals surface area contributed by atoms with Gasteiger partial charge in [0.25, 0.3) is 0 Å². The highest BCUT2D eigenvalue weighted by Gasteiger charge is 2.29. The molecule has 1 fully saturated rings. The first-order valence-corrected chi connectivity index (χ1v) is 12.0. The molecular weight excluding hydrogens is 430 g/mol. The Morgan fingerprint density at radius 3 is 2.65 bits per heavy atom. The lowest BCUT2D eigenvalue weighted by molar-refractivity contribution is 0.0206. The van der Waals surface area contributed by atoms with Crippen molar-refractivity contribution < 1.29 is 14.3 Å². The van der Waals surface area contributed by atoms with Crippen molar-refractivity contribution in [2.24, 2.45) is 0 Å². The van der Waals surface area contributed by atoms with Gasteiger partial charge in [-0.25, -0.2) is 4.79 Å². The lowest BCUT2D eigenvalue weighted by atomic mass is 9.88. The molecule has 1 aromatic heterocycles. The van der Waals surface area contributed by atoms with E-state index in [1.165, 1.54) is 11.1 Å². The molecular formula is C26H33N5O3. The molecule has 0 bridgehead atoms. The largest absolute Gasteiger partial charge is 0.496 e. The van der Waals surface area contributed by atoms with Crippen LogP contribution in [0.5, 0.6) is 5.75 Å². The summed E-state index contributed by atoms with van der Waals surface area (Å²) < 4.78 is 11.1. The quantitative estimate of drug-likeness (QED) is 0.700. The molecule has 0 spiro atoms. The molecule has 1 N–H and O–H groups in total. The summed E-state index contributed by atoms with van der Waals surface area (Å²) in [6.45, 7) is 6.94. The SMILES string of the molecule is COc1cc(C#N)ccc1-c1nnc(N[C@@H]2CCCN(C(=O)OC(C)(C)C)C2)c2c1CCCC2. The van der Waals surface area contributed by atoms with Gasteiger partial charge in [0.15, 0.2) is 5.82 Å². The molecule has 2 heterocycles. The molecule has 2 aliphatic rings. The number of carbonyl (C=O) groups is 1. The third kappa shape index (κ3) is 5.24. The van der Waals surface area contributed by atoms with E-state index in [0.717, 1.165) is 55.6 Å². The monoisotopic (exact) mass is 463 g/mol. The highest BCUT2D eigenvalue weighted by Crippen LogP contribution is 2.37. The molecule has 2 aromatic rings. The molecule has 8 heteroatoms. The second-order valence-corrected chi connectivity index (χ2v) is 10.00. The molecule has 0 radical (unpaired) electrons. The number of methoxy groups -OCH3 is 1. The Morgan fingerprint density at radius 1 is 1.18 bits per heavy atom. The van der Waals surface area contributed by atoms with Gasteiger partial charge in [0.05, 0.1) is 18.7 Å². The zero-order valence-electron chi connectivity index (χ0n) is 20.5. The van der Waals surface area contributed by atoms with E-state index in [1.54, 1.807) is 24.1 Å². The van der Waals surface area contributed by atoms with Crippen molar-refractivity contribution in [2.75, 3.05) is 25.5 Å². The molecule has 1 aliphatic carbocycles. The van der Waals surface area contributed by atoms with Gasteiger partial charge in [0.1, 0.15) is 17.0 Å². The number of nitrogens with zero attached hydrogens (tertiary/aromatic N) is 4. The lowest BCUT2D eigenvalue weighted by Crippen LogP contribution is -2.47. The Hall–Kier alpha value is -3.34. The first-order valence-electron chi connectivity index (χ1n) is 12.0. The first kappa shape index (κ1) is 23.8. The molecule has 180 valence electrons. The normalized spacial score (nSPS) is 18.0. The van der Waals surface area contributed by atoms with Gasteiger partial charge in [-0.1, -0.05) is 0 Å². The van der Waals surface area contributed by atoms with E-state index < -0.39 is 5.60 Å². The summed E-state index contributed by atoms with van der Waals surface area (Å²) in [6.07, 6.45) is 5.66. The molecule has 0 unspecified atom stereocenters. The third-order valence-corrected chi connectivity index (χ3v) is 6.29. The summed E-state index contributed by atoms with van der Waals surface area (Å²) >= 11 is 0. The summed E-state index contributed by atoms with van der Waals surface area (Å²) in [7, 11) is 1.61. The van der Waals surface area contributed by atoms with Crippen LogP contribution in [-0.2, 0) is 17.6 Å². The molecule has 8 nitrogen and oxygen atoms in total. The van der Waals surface area contributed by atoms with Gasteiger partial charge >= 0.3 is 6.09 Å². The maximum atomic E-state index is 12.6. The van der Waals surface area contributed by atoms with Crippen LogP contribution in [-0.4, -0.2) is 53.0 Å². The number of likely N-dealkylation sites (tertiary alicyclic amines) is 1. The van der Waals surface area contributed by atoms with Crippen LogP contribution in [0.15, 0.2) is 18.2 Å². The van der Waals surface area contributed by atoms with Crippen molar-refractivity contribution in [1.29, 1.82) is 5.26 Å². The van der Waals surface area contributed by atoms with Crippen LogP contribution in [0.25, 0.3) is 11.3 Å². The minimum Gasteiger partial charge on any atom is -0.496 e. The fourth-order valence-electron chi connectivity index (χ4n) is 4.72. The Labute approximate surface area is 201 Å². The van der Waals surface area contributed by atoms with E-state index in [-0.39, 0.29) is 12.1 Å². The molecule has 4 rings (SSSR count). The van der Waals surface area contributed by atoms with Crippen molar-refractivity contribution in [1.82, 2.24) is 15.1 Å². The Morgan fingerprint density at radius 2 is 1.94 bits per heavy atom. The van der Waals surface area contributed by atoms with Crippen LogP contribution in [0.3, 0.4) is 0 Å². The molecule has 1 aromatic carbocycles.